The van der Waals surface area contributed by atoms with Gasteiger partial charge in [0.25, 0.3) is 0 Å². The Morgan fingerprint density at radius 1 is 1.14 bits per heavy atom. The van der Waals surface area contributed by atoms with Crippen LogP contribution in [0.15, 0.2) is 24.3 Å². The molecule has 0 bridgehead atoms. The van der Waals surface area contributed by atoms with Gasteiger partial charge in [-0.1, -0.05) is 43.6 Å². The molecule has 0 aliphatic rings. The van der Waals surface area contributed by atoms with Crippen LogP contribution in [0.25, 0.3) is 0 Å². The Morgan fingerprint density at radius 2 is 1.90 bits per heavy atom. The van der Waals surface area contributed by atoms with Crippen molar-refractivity contribution in [2.75, 3.05) is 32.8 Å². The van der Waals surface area contributed by atoms with E-state index in [1.54, 1.807) is 0 Å². The van der Waals surface area contributed by atoms with Crippen LogP contribution in [0.5, 0.6) is 0 Å². The topological polar surface area (TPSA) is 35.5 Å². The normalized spacial score (nSPS) is 12.8. The minimum Gasteiger partial charge on any atom is -0.395 e. The van der Waals surface area contributed by atoms with Crippen molar-refractivity contribution >= 4 is 11.6 Å². The van der Waals surface area contributed by atoms with Gasteiger partial charge in [0.2, 0.25) is 0 Å². The minimum atomic E-state index is 0.221. The molecule has 0 aliphatic carbocycles. The number of nitrogens with zero attached hydrogens (tertiary/aromatic N) is 1. The van der Waals surface area contributed by atoms with Crippen molar-refractivity contribution in [2.24, 2.45) is 0 Å². The molecule has 21 heavy (non-hydrogen) atoms. The highest BCUT2D eigenvalue weighted by molar-refractivity contribution is 6.31. The smallest absolute Gasteiger partial charge is 0.0558 e. The zero-order valence-corrected chi connectivity index (χ0v) is 14.1. The number of nitrogens with one attached hydrogen (secondary N) is 1. The predicted molar refractivity (Wildman–Crippen MR) is 90.9 cm³/mol. The fourth-order valence-electron chi connectivity index (χ4n) is 2.55. The molecule has 0 aromatic heterocycles. The summed E-state index contributed by atoms with van der Waals surface area (Å²) in [6.45, 7) is 8.31. The number of hydrogen-bond acceptors (Lipinski definition) is 3. The lowest BCUT2D eigenvalue weighted by atomic mass is 10.0. The Balaban J connectivity index is 2.67. The number of aliphatic hydroxyl groups excluding tert-OH is 1. The van der Waals surface area contributed by atoms with Crippen LogP contribution in [0.1, 0.15) is 44.7 Å². The first-order chi connectivity index (χ1) is 10.2. The van der Waals surface area contributed by atoms with Gasteiger partial charge in [0.05, 0.1) is 6.61 Å². The van der Waals surface area contributed by atoms with Gasteiger partial charge in [0.1, 0.15) is 0 Å². The van der Waals surface area contributed by atoms with E-state index in [1.165, 1.54) is 5.56 Å². The molecular formula is C17H29ClN2O. The van der Waals surface area contributed by atoms with Gasteiger partial charge in [-0.3, -0.25) is 0 Å². The lowest BCUT2D eigenvalue weighted by molar-refractivity contribution is 0.189. The Morgan fingerprint density at radius 3 is 2.52 bits per heavy atom. The first-order valence-electron chi connectivity index (χ1n) is 8.03. The lowest BCUT2D eigenvalue weighted by Crippen LogP contribution is -2.32. The molecule has 2 N–H and O–H groups in total. The van der Waals surface area contributed by atoms with E-state index in [4.69, 9.17) is 16.7 Å². The van der Waals surface area contributed by atoms with E-state index in [-0.39, 0.29) is 12.6 Å². The molecule has 0 amide bonds. The maximum absolute atomic E-state index is 9.15. The van der Waals surface area contributed by atoms with Crippen molar-refractivity contribution < 1.29 is 5.11 Å². The minimum absolute atomic E-state index is 0.221. The Hall–Kier alpha value is -0.610. The van der Waals surface area contributed by atoms with Gasteiger partial charge in [-0.2, -0.15) is 0 Å². The highest BCUT2D eigenvalue weighted by atomic mass is 35.5. The van der Waals surface area contributed by atoms with Crippen molar-refractivity contribution in [2.45, 2.75) is 39.2 Å². The van der Waals surface area contributed by atoms with Gasteiger partial charge < -0.3 is 15.3 Å². The molecule has 0 saturated carbocycles. The van der Waals surface area contributed by atoms with Crippen molar-refractivity contribution in [3.63, 3.8) is 0 Å². The van der Waals surface area contributed by atoms with Crippen LogP contribution in [-0.2, 0) is 0 Å². The van der Waals surface area contributed by atoms with Crippen molar-refractivity contribution in [1.29, 1.82) is 0 Å². The molecule has 4 heteroatoms. The maximum Gasteiger partial charge on any atom is 0.0558 e. The molecule has 1 aromatic carbocycles. The number of aliphatic hydroxyl groups is 1. The highest BCUT2D eigenvalue weighted by Crippen LogP contribution is 2.25. The van der Waals surface area contributed by atoms with Crippen molar-refractivity contribution in [3.8, 4) is 0 Å². The van der Waals surface area contributed by atoms with Gasteiger partial charge in [-0.25, -0.2) is 0 Å². The largest absolute Gasteiger partial charge is 0.395 e. The second-order valence-electron chi connectivity index (χ2n) is 5.38. The molecule has 0 fully saturated rings. The molecule has 3 nitrogen and oxygen atoms in total. The molecule has 1 rings (SSSR count). The zero-order chi connectivity index (χ0) is 15.5. The van der Waals surface area contributed by atoms with E-state index in [9.17, 15) is 0 Å². The highest BCUT2D eigenvalue weighted by Gasteiger charge is 2.15. The molecule has 1 atom stereocenters. The molecule has 0 heterocycles. The number of hydrogen-bond donors (Lipinski definition) is 2. The number of benzene rings is 1. The van der Waals surface area contributed by atoms with Crippen molar-refractivity contribution in [1.82, 2.24) is 10.2 Å². The van der Waals surface area contributed by atoms with Crippen LogP contribution < -0.4 is 5.32 Å². The predicted octanol–water partition coefficient (Wildman–Crippen LogP) is 3.48. The van der Waals surface area contributed by atoms with Gasteiger partial charge in [0.15, 0.2) is 0 Å². The van der Waals surface area contributed by atoms with Crippen LogP contribution >= 0.6 is 11.6 Å². The zero-order valence-electron chi connectivity index (χ0n) is 13.3. The third-order valence-corrected chi connectivity index (χ3v) is 3.96. The monoisotopic (exact) mass is 312 g/mol. The summed E-state index contributed by atoms with van der Waals surface area (Å²) >= 11 is 6.34. The molecule has 120 valence electrons. The third-order valence-electron chi connectivity index (χ3n) is 3.61. The summed E-state index contributed by atoms with van der Waals surface area (Å²) in [6, 6.07) is 8.34. The number of rotatable bonds is 11. The molecule has 0 spiro atoms. The Kier molecular flexibility index (Phi) is 9.68. The maximum atomic E-state index is 9.15. The van der Waals surface area contributed by atoms with Gasteiger partial charge in [0, 0.05) is 24.2 Å². The summed E-state index contributed by atoms with van der Waals surface area (Å²) in [6.07, 6.45) is 3.22. The van der Waals surface area contributed by atoms with Gasteiger partial charge in [-0.15, -0.1) is 0 Å². The lowest BCUT2D eigenvalue weighted by Gasteiger charge is -2.25. The van der Waals surface area contributed by atoms with E-state index in [0.717, 1.165) is 50.5 Å². The molecular weight excluding hydrogens is 284 g/mol. The van der Waals surface area contributed by atoms with Crippen LogP contribution in [0.3, 0.4) is 0 Å². The standard InChI is InChI=1S/C17H29ClN2O/c1-3-10-19-17(15-7-5-6-8-16(15)18)9-12-20(11-4-2)13-14-21/h5-8,17,19,21H,3-4,9-14H2,1-2H3. The summed E-state index contributed by atoms with van der Waals surface area (Å²) in [5, 5.41) is 13.6. The van der Waals surface area contributed by atoms with E-state index in [0.29, 0.717) is 0 Å². The van der Waals surface area contributed by atoms with Crippen LogP contribution in [0.4, 0.5) is 0 Å². The second-order valence-corrected chi connectivity index (χ2v) is 5.79. The fraction of sp³-hybridized carbons (Fsp3) is 0.647. The Labute approximate surface area is 134 Å². The summed E-state index contributed by atoms with van der Waals surface area (Å²) in [4.78, 5) is 2.32. The second kappa shape index (κ2) is 11.0. The van der Waals surface area contributed by atoms with E-state index in [2.05, 4.69) is 30.1 Å². The first kappa shape index (κ1) is 18.4. The number of halogens is 1. The molecule has 0 saturated heterocycles. The van der Waals surface area contributed by atoms with Crippen LogP contribution in [0, 0.1) is 0 Å². The van der Waals surface area contributed by atoms with E-state index < -0.39 is 0 Å². The molecule has 1 aromatic rings. The summed E-state index contributed by atoms with van der Waals surface area (Å²) in [5.41, 5.74) is 1.17. The van der Waals surface area contributed by atoms with E-state index >= 15 is 0 Å². The quantitative estimate of drug-likeness (QED) is 0.656. The summed E-state index contributed by atoms with van der Waals surface area (Å²) in [7, 11) is 0. The van der Waals surface area contributed by atoms with Crippen molar-refractivity contribution in [3.05, 3.63) is 34.9 Å². The Bertz CT molecular complexity index is 381. The van der Waals surface area contributed by atoms with Gasteiger partial charge >= 0.3 is 0 Å². The van der Waals surface area contributed by atoms with Crippen LogP contribution in [-0.4, -0.2) is 42.8 Å². The fourth-order valence-corrected chi connectivity index (χ4v) is 2.82. The summed E-state index contributed by atoms with van der Waals surface area (Å²) in [5.74, 6) is 0. The average Bonchev–Trinajstić information content (AvgIpc) is 2.49. The molecule has 0 radical (unpaired) electrons. The third kappa shape index (κ3) is 6.79. The first-order valence-corrected chi connectivity index (χ1v) is 8.41. The van der Waals surface area contributed by atoms with Crippen LogP contribution in [0.2, 0.25) is 5.02 Å². The average molecular weight is 313 g/mol. The molecule has 1 unspecified atom stereocenters. The molecule has 0 aliphatic heterocycles. The summed E-state index contributed by atoms with van der Waals surface area (Å²) < 4.78 is 0. The SMILES string of the molecule is CCCNC(CCN(CCC)CCO)c1ccccc1Cl. The van der Waals surface area contributed by atoms with E-state index in [1.807, 2.05) is 18.2 Å². The van der Waals surface area contributed by atoms with Gasteiger partial charge in [-0.05, 0) is 44.0 Å².